The lowest BCUT2D eigenvalue weighted by atomic mass is 10.2. The number of nitrogens with one attached hydrogen (secondary N) is 1. The average Bonchev–Trinajstić information content (AvgIpc) is 3.10. The zero-order valence-corrected chi connectivity index (χ0v) is 14.9. The van der Waals surface area contributed by atoms with E-state index in [0.29, 0.717) is 28.7 Å². The lowest BCUT2D eigenvalue weighted by Gasteiger charge is -2.36. The summed E-state index contributed by atoms with van der Waals surface area (Å²) in [7, 11) is 0. The third kappa shape index (κ3) is 3.71. The minimum atomic E-state index is -0.135. The number of anilines is 2. The van der Waals surface area contributed by atoms with Gasteiger partial charge in [-0.15, -0.1) is 11.3 Å². The minimum Gasteiger partial charge on any atom is -0.367 e. The smallest absolute Gasteiger partial charge is 0.265 e. The number of benzene rings is 1. The van der Waals surface area contributed by atoms with Crippen molar-refractivity contribution in [2.75, 3.05) is 36.4 Å². The molecule has 2 amide bonds. The Labute approximate surface area is 149 Å². The lowest BCUT2D eigenvalue weighted by Crippen LogP contribution is -2.48. The molecule has 1 aliphatic heterocycles. The Morgan fingerprint density at radius 3 is 2.50 bits per heavy atom. The number of amides is 2. The molecule has 1 aromatic heterocycles. The molecule has 0 aliphatic carbocycles. The van der Waals surface area contributed by atoms with Gasteiger partial charge >= 0.3 is 0 Å². The van der Waals surface area contributed by atoms with E-state index in [1.54, 1.807) is 19.1 Å². The molecule has 2 heterocycles. The van der Waals surface area contributed by atoms with E-state index in [1.165, 1.54) is 11.3 Å². The van der Waals surface area contributed by atoms with Crippen molar-refractivity contribution >= 4 is 46.1 Å². The maximum atomic E-state index is 12.1. The molecule has 0 saturated carbocycles. The van der Waals surface area contributed by atoms with Crippen LogP contribution in [0.2, 0.25) is 5.02 Å². The van der Waals surface area contributed by atoms with E-state index in [0.717, 1.165) is 18.8 Å². The van der Waals surface area contributed by atoms with Gasteiger partial charge in [-0.1, -0.05) is 17.7 Å². The molecule has 3 rings (SSSR count). The Hall–Kier alpha value is -2.05. The van der Waals surface area contributed by atoms with Crippen molar-refractivity contribution in [1.29, 1.82) is 0 Å². The minimum absolute atomic E-state index is 0.104. The van der Waals surface area contributed by atoms with E-state index in [1.807, 2.05) is 28.5 Å². The molecule has 0 spiro atoms. The largest absolute Gasteiger partial charge is 0.367 e. The van der Waals surface area contributed by atoms with Gasteiger partial charge in [0.15, 0.2) is 0 Å². The molecule has 0 bridgehead atoms. The molecule has 24 heavy (non-hydrogen) atoms. The fourth-order valence-electron chi connectivity index (χ4n) is 2.70. The highest BCUT2D eigenvalue weighted by atomic mass is 35.5. The summed E-state index contributed by atoms with van der Waals surface area (Å²) >= 11 is 7.80. The molecule has 5 nitrogen and oxygen atoms in total. The number of hydrogen-bond acceptors (Lipinski definition) is 4. The SMILES string of the molecule is CC(=O)N1CCN(c2ccc(NC(=O)c3cccs3)cc2Cl)CC1. The highest BCUT2D eigenvalue weighted by Gasteiger charge is 2.20. The molecule has 1 aromatic carbocycles. The Balaban J connectivity index is 1.67. The second-order valence-electron chi connectivity index (χ2n) is 5.59. The monoisotopic (exact) mass is 363 g/mol. The quantitative estimate of drug-likeness (QED) is 0.910. The van der Waals surface area contributed by atoms with E-state index in [-0.39, 0.29) is 11.8 Å². The van der Waals surface area contributed by atoms with E-state index in [4.69, 9.17) is 11.6 Å². The Kier molecular flexibility index (Phi) is 5.06. The summed E-state index contributed by atoms with van der Waals surface area (Å²) in [6.07, 6.45) is 0. The molecular weight excluding hydrogens is 346 g/mol. The molecule has 1 saturated heterocycles. The molecule has 1 N–H and O–H groups in total. The zero-order chi connectivity index (χ0) is 17.1. The number of rotatable bonds is 3. The van der Waals surface area contributed by atoms with Crippen LogP contribution in [-0.4, -0.2) is 42.9 Å². The van der Waals surface area contributed by atoms with Crippen LogP contribution >= 0.6 is 22.9 Å². The van der Waals surface area contributed by atoms with Crippen molar-refractivity contribution in [3.63, 3.8) is 0 Å². The van der Waals surface area contributed by atoms with Crippen molar-refractivity contribution in [1.82, 2.24) is 4.90 Å². The van der Waals surface area contributed by atoms with Crippen LogP contribution in [-0.2, 0) is 4.79 Å². The summed E-state index contributed by atoms with van der Waals surface area (Å²) in [5, 5.41) is 5.31. The number of carbonyl (C=O) groups excluding carboxylic acids is 2. The normalized spacial score (nSPS) is 14.6. The van der Waals surface area contributed by atoms with Crippen molar-refractivity contribution in [3.8, 4) is 0 Å². The maximum absolute atomic E-state index is 12.1. The van der Waals surface area contributed by atoms with Crippen LogP contribution in [0.3, 0.4) is 0 Å². The average molecular weight is 364 g/mol. The summed E-state index contributed by atoms with van der Waals surface area (Å²) in [4.78, 5) is 28.1. The molecule has 126 valence electrons. The highest BCUT2D eigenvalue weighted by Crippen LogP contribution is 2.30. The Bertz CT molecular complexity index is 740. The predicted molar refractivity (Wildman–Crippen MR) is 98.2 cm³/mol. The third-order valence-electron chi connectivity index (χ3n) is 4.02. The Morgan fingerprint density at radius 1 is 1.17 bits per heavy atom. The number of hydrogen-bond donors (Lipinski definition) is 1. The molecule has 0 unspecified atom stereocenters. The van der Waals surface area contributed by atoms with Crippen LogP contribution in [0.4, 0.5) is 11.4 Å². The van der Waals surface area contributed by atoms with Crippen molar-refractivity contribution in [3.05, 3.63) is 45.6 Å². The number of piperazine rings is 1. The number of carbonyl (C=O) groups is 2. The van der Waals surface area contributed by atoms with Crippen LogP contribution in [0, 0.1) is 0 Å². The summed E-state index contributed by atoms with van der Waals surface area (Å²) in [6, 6.07) is 9.15. The van der Waals surface area contributed by atoms with Crippen molar-refractivity contribution in [2.45, 2.75) is 6.92 Å². The van der Waals surface area contributed by atoms with Gasteiger partial charge in [-0.25, -0.2) is 0 Å². The van der Waals surface area contributed by atoms with E-state index >= 15 is 0 Å². The standard InChI is InChI=1S/C17H18ClN3O2S/c1-12(22)20-6-8-21(9-7-20)15-5-4-13(11-14(15)18)19-17(23)16-3-2-10-24-16/h2-5,10-11H,6-9H2,1H3,(H,19,23). The van der Waals surface area contributed by atoms with Crippen LogP contribution in [0.15, 0.2) is 35.7 Å². The van der Waals surface area contributed by atoms with Gasteiger partial charge in [0, 0.05) is 38.8 Å². The first-order chi connectivity index (χ1) is 11.5. The summed E-state index contributed by atoms with van der Waals surface area (Å²) < 4.78 is 0. The van der Waals surface area contributed by atoms with Gasteiger partial charge in [0.2, 0.25) is 5.91 Å². The first-order valence-electron chi connectivity index (χ1n) is 7.69. The fourth-order valence-corrected chi connectivity index (χ4v) is 3.62. The summed E-state index contributed by atoms with van der Waals surface area (Å²) in [6.45, 7) is 4.49. The van der Waals surface area contributed by atoms with Gasteiger partial charge in [-0.2, -0.15) is 0 Å². The van der Waals surface area contributed by atoms with E-state index in [9.17, 15) is 9.59 Å². The molecule has 7 heteroatoms. The molecule has 1 fully saturated rings. The van der Waals surface area contributed by atoms with E-state index < -0.39 is 0 Å². The number of nitrogens with zero attached hydrogens (tertiary/aromatic N) is 2. The van der Waals surface area contributed by atoms with E-state index in [2.05, 4.69) is 10.2 Å². The van der Waals surface area contributed by atoms with Gasteiger partial charge in [0.05, 0.1) is 15.6 Å². The number of halogens is 1. The van der Waals surface area contributed by atoms with Gasteiger partial charge in [0.25, 0.3) is 5.91 Å². The van der Waals surface area contributed by atoms with Crippen LogP contribution in [0.25, 0.3) is 0 Å². The topological polar surface area (TPSA) is 52.7 Å². The maximum Gasteiger partial charge on any atom is 0.265 e. The van der Waals surface area contributed by atoms with Crippen molar-refractivity contribution in [2.24, 2.45) is 0 Å². The first kappa shape index (κ1) is 16.8. The van der Waals surface area contributed by atoms with Gasteiger partial charge < -0.3 is 15.1 Å². The molecular formula is C17H18ClN3O2S. The molecule has 2 aromatic rings. The predicted octanol–water partition coefficient (Wildman–Crippen LogP) is 3.32. The molecule has 0 atom stereocenters. The summed E-state index contributed by atoms with van der Waals surface area (Å²) in [5.41, 5.74) is 1.60. The lowest BCUT2D eigenvalue weighted by molar-refractivity contribution is -0.129. The molecule has 0 radical (unpaired) electrons. The third-order valence-corrected chi connectivity index (χ3v) is 5.19. The van der Waals surface area contributed by atoms with Gasteiger partial charge in [-0.3, -0.25) is 9.59 Å². The molecule has 1 aliphatic rings. The van der Waals surface area contributed by atoms with Crippen molar-refractivity contribution < 1.29 is 9.59 Å². The second-order valence-corrected chi connectivity index (χ2v) is 6.95. The van der Waals surface area contributed by atoms with Crippen LogP contribution in [0.1, 0.15) is 16.6 Å². The van der Waals surface area contributed by atoms with Crippen LogP contribution in [0.5, 0.6) is 0 Å². The zero-order valence-electron chi connectivity index (χ0n) is 13.3. The summed E-state index contributed by atoms with van der Waals surface area (Å²) in [5.74, 6) is -0.0312. The fraction of sp³-hybridized carbons (Fsp3) is 0.294. The highest BCUT2D eigenvalue weighted by molar-refractivity contribution is 7.12. The van der Waals surface area contributed by atoms with Gasteiger partial charge in [0.1, 0.15) is 0 Å². The van der Waals surface area contributed by atoms with Crippen LogP contribution < -0.4 is 10.2 Å². The number of thiophene rings is 1. The Morgan fingerprint density at radius 2 is 1.92 bits per heavy atom. The first-order valence-corrected chi connectivity index (χ1v) is 8.95. The van der Waals surface area contributed by atoms with Gasteiger partial charge in [-0.05, 0) is 29.6 Å². The second kappa shape index (κ2) is 7.23.